The van der Waals surface area contributed by atoms with Crippen molar-refractivity contribution in [2.45, 2.75) is 39.3 Å². The third-order valence-corrected chi connectivity index (χ3v) is 4.14. The summed E-state index contributed by atoms with van der Waals surface area (Å²) >= 11 is 0. The van der Waals surface area contributed by atoms with E-state index < -0.39 is 6.61 Å². The van der Waals surface area contributed by atoms with Gasteiger partial charge in [0.25, 0.3) is 0 Å². The van der Waals surface area contributed by atoms with Gasteiger partial charge in [-0.05, 0) is 42.9 Å². The smallest absolute Gasteiger partial charge is 0.387 e. The van der Waals surface area contributed by atoms with Crippen molar-refractivity contribution in [3.8, 4) is 5.75 Å². The Balaban J connectivity index is 1.86. The van der Waals surface area contributed by atoms with Crippen LogP contribution in [0, 0.1) is 5.41 Å². The van der Waals surface area contributed by atoms with Gasteiger partial charge in [0.1, 0.15) is 5.75 Å². The van der Waals surface area contributed by atoms with E-state index in [4.69, 9.17) is 4.74 Å². The van der Waals surface area contributed by atoms with E-state index in [1.807, 2.05) is 12.1 Å². The highest BCUT2D eigenvalue weighted by Crippen LogP contribution is 2.29. The molecule has 3 nitrogen and oxygen atoms in total. The first-order valence-electron chi connectivity index (χ1n) is 7.34. The van der Waals surface area contributed by atoms with Crippen molar-refractivity contribution in [3.05, 3.63) is 29.8 Å². The van der Waals surface area contributed by atoms with E-state index in [9.17, 15) is 8.78 Å². The molecule has 1 aliphatic heterocycles. The van der Waals surface area contributed by atoms with Crippen LogP contribution in [0.4, 0.5) is 8.78 Å². The summed E-state index contributed by atoms with van der Waals surface area (Å²) in [5.74, 6) is 0.192. The summed E-state index contributed by atoms with van der Waals surface area (Å²) in [6.07, 6.45) is 2.13. The molecule has 0 amide bonds. The number of ether oxygens (including phenoxy) is 2. The number of hydrogen-bond donors (Lipinski definition) is 1. The van der Waals surface area contributed by atoms with Gasteiger partial charge < -0.3 is 14.8 Å². The predicted octanol–water partition coefficient (Wildman–Crippen LogP) is 3.76. The van der Waals surface area contributed by atoms with Crippen molar-refractivity contribution in [3.63, 3.8) is 0 Å². The molecule has 1 heterocycles. The number of hydrogen-bond acceptors (Lipinski definition) is 3. The highest BCUT2D eigenvalue weighted by atomic mass is 19.3. The normalized spacial score (nSPS) is 19.5. The molecule has 1 aromatic carbocycles. The molecular weight excluding hydrogens is 276 g/mol. The van der Waals surface area contributed by atoms with Crippen molar-refractivity contribution >= 4 is 0 Å². The Morgan fingerprint density at radius 2 is 1.86 bits per heavy atom. The van der Waals surface area contributed by atoms with Crippen LogP contribution in [0.1, 0.15) is 38.3 Å². The van der Waals surface area contributed by atoms with Crippen LogP contribution in [0.15, 0.2) is 24.3 Å². The Morgan fingerprint density at radius 3 is 2.43 bits per heavy atom. The molecule has 5 heteroatoms. The molecule has 0 radical (unpaired) electrons. The molecule has 1 fully saturated rings. The summed E-state index contributed by atoms with van der Waals surface area (Å²) in [4.78, 5) is 0. The van der Waals surface area contributed by atoms with Crippen LogP contribution in [0.25, 0.3) is 0 Å². The van der Waals surface area contributed by atoms with Crippen molar-refractivity contribution in [2.24, 2.45) is 5.41 Å². The van der Waals surface area contributed by atoms with E-state index in [1.165, 1.54) is 0 Å². The molecule has 21 heavy (non-hydrogen) atoms. The second-order valence-corrected chi connectivity index (χ2v) is 5.97. The van der Waals surface area contributed by atoms with E-state index >= 15 is 0 Å². The van der Waals surface area contributed by atoms with Crippen molar-refractivity contribution < 1.29 is 18.3 Å². The van der Waals surface area contributed by atoms with E-state index in [1.54, 1.807) is 12.1 Å². The minimum absolute atomic E-state index is 0.172. The van der Waals surface area contributed by atoms with Gasteiger partial charge in [-0.25, -0.2) is 0 Å². The Kier molecular flexibility index (Phi) is 5.53. The van der Waals surface area contributed by atoms with Crippen LogP contribution in [0.5, 0.6) is 5.75 Å². The maximum atomic E-state index is 12.1. The summed E-state index contributed by atoms with van der Waals surface area (Å²) in [6.45, 7) is 4.14. The SMILES string of the molecule is CC(NCC1(C)CCOCC1)c1ccc(OC(F)F)cc1. The average molecular weight is 299 g/mol. The Hall–Kier alpha value is -1.20. The van der Waals surface area contributed by atoms with Gasteiger partial charge in [0.15, 0.2) is 0 Å². The second kappa shape index (κ2) is 7.18. The van der Waals surface area contributed by atoms with Crippen molar-refractivity contribution in [1.82, 2.24) is 5.32 Å². The third kappa shape index (κ3) is 4.93. The molecule has 118 valence electrons. The number of benzene rings is 1. The van der Waals surface area contributed by atoms with Gasteiger partial charge in [0.2, 0.25) is 0 Å². The fourth-order valence-corrected chi connectivity index (χ4v) is 2.50. The van der Waals surface area contributed by atoms with Gasteiger partial charge in [0.05, 0.1) is 0 Å². The van der Waals surface area contributed by atoms with Crippen LogP contribution >= 0.6 is 0 Å². The maximum absolute atomic E-state index is 12.1. The maximum Gasteiger partial charge on any atom is 0.387 e. The van der Waals surface area contributed by atoms with Gasteiger partial charge >= 0.3 is 6.61 Å². The number of rotatable bonds is 6. The largest absolute Gasteiger partial charge is 0.435 e. The lowest BCUT2D eigenvalue weighted by molar-refractivity contribution is -0.0498. The van der Waals surface area contributed by atoms with Gasteiger partial charge in [-0.2, -0.15) is 8.78 Å². The highest BCUT2D eigenvalue weighted by molar-refractivity contribution is 5.29. The molecule has 0 spiro atoms. The summed E-state index contributed by atoms with van der Waals surface area (Å²) in [5, 5.41) is 3.52. The van der Waals surface area contributed by atoms with Gasteiger partial charge in [-0.3, -0.25) is 0 Å². The molecule has 0 aliphatic carbocycles. The lowest BCUT2D eigenvalue weighted by Crippen LogP contribution is -2.37. The molecule has 1 atom stereocenters. The van der Waals surface area contributed by atoms with Crippen LogP contribution < -0.4 is 10.1 Å². The minimum atomic E-state index is -2.78. The number of nitrogens with one attached hydrogen (secondary N) is 1. The number of halogens is 2. The van der Waals surface area contributed by atoms with Crippen LogP contribution in [0.2, 0.25) is 0 Å². The molecular formula is C16H23F2NO2. The fraction of sp³-hybridized carbons (Fsp3) is 0.625. The standard InChI is InChI=1S/C16H23F2NO2/c1-12(19-11-16(2)7-9-20-10-8-16)13-3-5-14(6-4-13)21-15(17)18/h3-6,12,15,19H,7-11H2,1-2H3. The van der Waals surface area contributed by atoms with Crippen LogP contribution in [0.3, 0.4) is 0 Å². The molecule has 0 aromatic heterocycles. The lowest BCUT2D eigenvalue weighted by atomic mass is 9.82. The molecule has 1 aromatic rings. The van der Waals surface area contributed by atoms with Gasteiger partial charge in [0, 0.05) is 25.8 Å². The van der Waals surface area contributed by atoms with Gasteiger partial charge in [-0.1, -0.05) is 19.1 Å². The van der Waals surface area contributed by atoms with Gasteiger partial charge in [-0.15, -0.1) is 0 Å². The van der Waals surface area contributed by atoms with Crippen molar-refractivity contribution in [2.75, 3.05) is 19.8 Å². The summed E-state index contributed by atoms with van der Waals surface area (Å²) in [7, 11) is 0. The summed E-state index contributed by atoms with van der Waals surface area (Å²) in [5.41, 5.74) is 1.33. The molecule has 1 saturated heterocycles. The lowest BCUT2D eigenvalue weighted by Gasteiger charge is -2.34. The zero-order valence-corrected chi connectivity index (χ0v) is 12.6. The first kappa shape index (κ1) is 16.2. The molecule has 1 unspecified atom stereocenters. The topological polar surface area (TPSA) is 30.5 Å². The Bertz CT molecular complexity index is 430. The van der Waals surface area contributed by atoms with Crippen LogP contribution in [-0.2, 0) is 4.74 Å². The molecule has 0 saturated carbocycles. The third-order valence-electron chi connectivity index (χ3n) is 4.14. The predicted molar refractivity (Wildman–Crippen MR) is 77.7 cm³/mol. The Labute approximate surface area is 124 Å². The highest BCUT2D eigenvalue weighted by Gasteiger charge is 2.27. The molecule has 1 N–H and O–H groups in total. The van der Waals surface area contributed by atoms with E-state index in [2.05, 4.69) is 23.9 Å². The van der Waals surface area contributed by atoms with E-state index in [0.29, 0.717) is 0 Å². The van der Waals surface area contributed by atoms with E-state index in [-0.39, 0.29) is 17.2 Å². The zero-order chi connectivity index (χ0) is 15.3. The average Bonchev–Trinajstić information content (AvgIpc) is 2.46. The summed E-state index contributed by atoms with van der Waals surface area (Å²) < 4.78 is 34.0. The summed E-state index contributed by atoms with van der Waals surface area (Å²) in [6, 6.07) is 6.97. The fourth-order valence-electron chi connectivity index (χ4n) is 2.50. The molecule has 1 aliphatic rings. The van der Waals surface area contributed by atoms with Crippen LogP contribution in [-0.4, -0.2) is 26.4 Å². The number of alkyl halides is 2. The quantitative estimate of drug-likeness (QED) is 0.867. The Morgan fingerprint density at radius 1 is 1.24 bits per heavy atom. The second-order valence-electron chi connectivity index (χ2n) is 5.97. The first-order valence-corrected chi connectivity index (χ1v) is 7.34. The molecule has 0 bridgehead atoms. The van der Waals surface area contributed by atoms with Crippen molar-refractivity contribution in [1.29, 1.82) is 0 Å². The first-order chi connectivity index (χ1) is 9.98. The monoisotopic (exact) mass is 299 g/mol. The minimum Gasteiger partial charge on any atom is -0.435 e. The zero-order valence-electron chi connectivity index (χ0n) is 12.6. The molecule has 2 rings (SSSR count). The van der Waals surface area contributed by atoms with E-state index in [0.717, 1.165) is 38.2 Å².